The fraction of sp³-hybridized carbons (Fsp3) is 0.150. The number of carbonyl (C=O) groups excluding carboxylic acids is 1. The molecule has 0 aliphatic heterocycles. The fourth-order valence-electron chi connectivity index (χ4n) is 3.34. The van der Waals surface area contributed by atoms with E-state index in [4.69, 9.17) is 0 Å². The van der Waals surface area contributed by atoms with Gasteiger partial charge in [-0.05, 0) is 23.1 Å². The van der Waals surface area contributed by atoms with E-state index >= 15 is 0 Å². The molecule has 0 radical (unpaired) electrons. The van der Waals surface area contributed by atoms with Crippen molar-refractivity contribution in [3.63, 3.8) is 0 Å². The first kappa shape index (κ1) is 13.1. The molecule has 2 nitrogen and oxygen atoms in total. The third-order valence-electron chi connectivity index (χ3n) is 4.43. The summed E-state index contributed by atoms with van der Waals surface area (Å²) >= 11 is 0. The van der Waals surface area contributed by atoms with Gasteiger partial charge < -0.3 is 4.98 Å². The number of ketones is 1. The standard InChI is InChI=1S/C20H17NO/c1-13-12-16-17(14-8-4-2-5-9-14)18(21-19(16)20(13)22)15-10-6-3-7-11-15/h2-11,13,21H,12H2,1H3. The molecule has 4 rings (SSSR count). The predicted octanol–water partition coefficient (Wildman–Crippen LogP) is 4.72. The number of Topliss-reactive ketones (excluding diaryl/α,β-unsaturated/α-hetero) is 1. The van der Waals surface area contributed by atoms with E-state index < -0.39 is 0 Å². The molecule has 1 atom stereocenters. The van der Waals surface area contributed by atoms with Gasteiger partial charge in [-0.25, -0.2) is 0 Å². The number of carbonyl (C=O) groups is 1. The van der Waals surface area contributed by atoms with Gasteiger partial charge in [-0.1, -0.05) is 67.6 Å². The minimum Gasteiger partial charge on any atom is -0.351 e. The summed E-state index contributed by atoms with van der Waals surface area (Å²) in [6.45, 7) is 2.01. The molecular formula is C20H17NO. The summed E-state index contributed by atoms with van der Waals surface area (Å²) in [4.78, 5) is 15.8. The van der Waals surface area contributed by atoms with Gasteiger partial charge in [0.05, 0.1) is 11.4 Å². The van der Waals surface area contributed by atoms with Crippen LogP contribution in [0, 0.1) is 5.92 Å². The van der Waals surface area contributed by atoms with E-state index in [-0.39, 0.29) is 11.7 Å². The van der Waals surface area contributed by atoms with Crippen LogP contribution in [0.3, 0.4) is 0 Å². The van der Waals surface area contributed by atoms with Crippen molar-refractivity contribution in [3.8, 4) is 22.4 Å². The predicted molar refractivity (Wildman–Crippen MR) is 88.9 cm³/mol. The first-order chi connectivity index (χ1) is 10.8. The van der Waals surface area contributed by atoms with Crippen molar-refractivity contribution in [2.45, 2.75) is 13.3 Å². The second kappa shape index (κ2) is 4.99. The maximum atomic E-state index is 12.4. The van der Waals surface area contributed by atoms with E-state index in [0.717, 1.165) is 23.4 Å². The highest BCUT2D eigenvalue weighted by Crippen LogP contribution is 2.41. The topological polar surface area (TPSA) is 32.9 Å². The lowest BCUT2D eigenvalue weighted by atomic mass is 9.96. The van der Waals surface area contributed by atoms with Gasteiger partial charge >= 0.3 is 0 Å². The van der Waals surface area contributed by atoms with Crippen molar-refractivity contribution < 1.29 is 4.79 Å². The Morgan fingerprint density at radius 2 is 1.45 bits per heavy atom. The lowest BCUT2D eigenvalue weighted by Gasteiger charge is -2.08. The third-order valence-corrected chi connectivity index (χ3v) is 4.43. The SMILES string of the molecule is CC1Cc2c([nH]c(-c3ccccc3)c2-c2ccccc2)C1=O. The average molecular weight is 287 g/mol. The Morgan fingerprint density at radius 1 is 0.864 bits per heavy atom. The molecule has 0 saturated carbocycles. The van der Waals surface area contributed by atoms with Crippen LogP contribution in [-0.4, -0.2) is 10.8 Å². The highest BCUT2D eigenvalue weighted by Gasteiger charge is 2.33. The van der Waals surface area contributed by atoms with Gasteiger partial charge in [0, 0.05) is 11.5 Å². The van der Waals surface area contributed by atoms with Crippen LogP contribution in [0.15, 0.2) is 60.7 Å². The molecule has 1 heterocycles. The van der Waals surface area contributed by atoms with Gasteiger partial charge in [0.1, 0.15) is 0 Å². The van der Waals surface area contributed by atoms with E-state index in [1.165, 1.54) is 16.7 Å². The molecular weight excluding hydrogens is 270 g/mol. The summed E-state index contributed by atoms with van der Waals surface area (Å²) in [6, 6.07) is 20.6. The van der Waals surface area contributed by atoms with Crippen LogP contribution in [0.5, 0.6) is 0 Å². The maximum absolute atomic E-state index is 12.4. The van der Waals surface area contributed by atoms with Crippen molar-refractivity contribution in [1.82, 2.24) is 4.98 Å². The normalized spacial score (nSPS) is 16.8. The Morgan fingerprint density at radius 3 is 2.09 bits per heavy atom. The zero-order chi connectivity index (χ0) is 15.1. The van der Waals surface area contributed by atoms with Crippen LogP contribution < -0.4 is 0 Å². The van der Waals surface area contributed by atoms with Crippen molar-refractivity contribution >= 4 is 5.78 Å². The lowest BCUT2D eigenvalue weighted by molar-refractivity contribution is 0.0942. The highest BCUT2D eigenvalue weighted by molar-refractivity contribution is 6.05. The molecule has 1 N–H and O–H groups in total. The molecule has 108 valence electrons. The Hall–Kier alpha value is -2.61. The summed E-state index contributed by atoms with van der Waals surface area (Å²) in [7, 11) is 0. The van der Waals surface area contributed by atoms with Gasteiger partial charge in [-0.15, -0.1) is 0 Å². The molecule has 0 bridgehead atoms. The number of nitrogens with one attached hydrogen (secondary N) is 1. The number of hydrogen-bond donors (Lipinski definition) is 1. The number of H-pyrrole nitrogens is 1. The number of fused-ring (bicyclic) bond motifs is 1. The van der Waals surface area contributed by atoms with Gasteiger partial charge in [0.2, 0.25) is 0 Å². The Kier molecular flexibility index (Phi) is 2.97. The number of benzene rings is 2. The van der Waals surface area contributed by atoms with Crippen LogP contribution in [0.1, 0.15) is 23.0 Å². The van der Waals surface area contributed by atoms with Gasteiger partial charge in [0.15, 0.2) is 5.78 Å². The second-order valence-electron chi connectivity index (χ2n) is 5.93. The molecule has 1 aliphatic carbocycles. The molecule has 0 amide bonds. The van der Waals surface area contributed by atoms with Crippen LogP contribution in [0.4, 0.5) is 0 Å². The van der Waals surface area contributed by atoms with Crippen molar-refractivity contribution in [3.05, 3.63) is 71.9 Å². The summed E-state index contributed by atoms with van der Waals surface area (Å²) < 4.78 is 0. The molecule has 1 aromatic heterocycles. The van der Waals surface area contributed by atoms with E-state index in [2.05, 4.69) is 29.2 Å². The summed E-state index contributed by atoms with van der Waals surface area (Å²) in [5, 5.41) is 0. The largest absolute Gasteiger partial charge is 0.351 e. The number of rotatable bonds is 2. The van der Waals surface area contributed by atoms with E-state index in [9.17, 15) is 4.79 Å². The molecule has 3 aromatic rings. The monoisotopic (exact) mass is 287 g/mol. The molecule has 0 spiro atoms. The Labute approximate surface area is 129 Å². The molecule has 2 heteroatoms. The molecule has 0 saturated heterocycles. The van der Waals surface area contributed by atoms with Crippen molar-refractivity contribution in [2.75, 3.05) is 0 Å². The maximum Gasteiger partial charge on any atom is 0.182 e. The van der Waals surface area contributed by atoms with Crippen molar-refractivity contribution in [1.29, 1.82) is 0 Å². The van der Waals surface area contributed by atoms with Crippen molar-refractivity contribution in [2.24, 2.45) is 5.92 Å². The van der Waals surface area contributed by atoms with Gasteiger partial charge in [-0.3, -0.25) is 4.79 Å². The Bertz CT molecular complexity index is 831. The zero-order valence-electron chi connectivity index (χ0n) is 12.5. The average Bonchev–Trinajstić information content (AvgIpc) is 3.06. The molecule has 1 unspecified atom stereocenters. The van der Waals surface area contributed by atoms with E-state index in [1.54, 1.807) is 0 Å². The first-order valence-corrected chi connectivity index (χ1v) is 7.65. The fourth-order valence-corrected chi connectivity index (χ4v) is 3.34. The van der Waals surface area contributed by atoms with E-state index in [0.29, 0.717) is 0 Å². The number of hydrogen-bond acceptors (Lipinski definition) is 1. The van der Waals surface area contributed by atoms with Crippen LogP contribution in [-0.2, 0) is 6.42 Å². The van der Waals surface area contributed by atoms with Crippen LogP contribution >= 0.6 is 0 Å². The lowest BCUT2D eigenvalue weighted by Crippen LogP contribution is -2.05. The molecule has 1 aliphatic rings. The second-order valence-corrected chi connectivity index (χ2v) is 5.93. The Balaban J connectivity index is 1.99. The smallest absolute Gasteiger partial charge is 0.182 e. The molecule has 22 heavy (non-hydrogen) atoms. The summed E-state index contributed by atoms with van der Waals surface area (Å²) in [5.74, 6) is 0.308. The van der Waals surface area contributed by atoms with Gasteiger partial charge in [-0.2, -0.15) is 0 Å². The summed E-state index contributed by atoms with van der Waals surface area (Å²) in [6.07, 6.45) is 0.821. The number of aromatic amines is 1. The molecule has 0 fully saturated rings. The highest BCUT2D eigenvalue weighted by atomic mass is 16.1. The van der Waals surface area contributed by atoms with Crippen LogP contribution in [0.2, 0.25) is 0 Å². The third kappa shape index (κ3) is 1.92. The number of aromatic nitrogens is 1. The quantitative estimate of drug-likeness (QED) is 0.726. The first-order valence-electron chi connectivity index (χ1n) is 7.65. The summed E-state index contributed by atoms with van der Waals surface area (Å²) in [5.41, 5.74) is 6.49. The van der Waals surface area contributed by atoms with Crippen LogP contribution in [0.25, 0.3) is 22.4 Å². The minimum atomic E-state index is 0.0773. The minimum absolute atomic E-state index is 0.0773. The zero-order valence-corrected chi connectivity index (χ0v) is 12.5. The molecule has 2 aromatic carbocycles. The van der Waals surface area contributed by atoms with E-state index in [1.807, 2.05) is 43.3 Å². The van der Waals surface area contributed by atoms with Gasteiger partial charge in [0.25, 0.3) is 0 Å².